The van der Waals surface area contributed by atoms with Gasteiger partial charge in [-0.25, -0.2) is 28.7 Å². The van der Waals surface area contributed by atoms with Gasteiger partial charge in [-0.3, -0.25) is 8.98 Å². The van der Waals surface area contributed by atoms with E-state index in [0.29, 0.717) is 36.9 Å². The van der Waals surface area contributed by atoms with Gasteiger partial charge in [-0.15, -0.1) is 0 Å². The smallest absolute Gasteiger partial charge is 0.308 e. The molecule has 1 unspecified atom stereocenters. The number of nitrogens with zero attached hydrogens (tertiary/aromatic N) is 4. The Bertz CT molecular complexity index is 1410. The fourth-order valence-electron chi connectivity index (χ4n) is 4.68. The molecule has 0 aliphatic heterocycles. The van der Waals surface area contributed by atoms with Crippen LogP contribution < -0.4 is 5.32 Å². The van der Waals surface area contributed by atoms with Crippen molar-refractivity contribution in [1.82, 2.24) is 19.9 Å². The van der Waals surface area contributed by atoms with Gasteiger partial charge in [0.2, 0.25) is 5.95 Å². The minimum absolute atomic E-state index is 0.0404. The summed E-state index contributed by atoms with van der Waals surface area (Å²) < 4.78 is 60.3. The molecule has 10 nitrogen and oxygen atoms in total. The fourth-order valence-corrected chi connectivity index (χ4v) is 5.30. The Morgan fingerprint density at radius 1 is 1.05 bits per heavy atom. The SMILES string of the molecule is COC(=O)[C@H]1CC[C@H](C(OS(C)(=O)=O)c2ncc(-c3cc(C)cc(Nc4nccc(C(F)F)n4)c3)cn2)CC1. The number of alkyl halides is 2. The number of anilines is 2. The average molecular weight is 562 g/mol. The van der Waals surface area contributed by atoms with Gasteiger partial charge in [-0.1, -0.05) is 6.07 Å². The van der Waals surface area contributed by atoms with Crippen molar-refractivity contribution in [3.05, 3.63) is 59.9 Å². The summed E-state index contributed by atoms with van der Waals surface area (Å²) in [6.45, 7) is 1.88. The number of methoxy groups -OCH3 is 1. The third-order valence-electron chi connectivity index (χ3n) is 6.51. The minimum Gasteiger partial charge on any atom is -0.469 e. The number of rotatable bonds is 9. The predicted octanol–water partition coefficient (Wildman–Crippen LogP) is 4.92. The molecule has 1 fully saturated rings. The van der Waals surface area contributed by atoms with Crippen LogP contribution in [-0.2, 0) is 23.8 Å². The normalized spacial score (nSPS) is 18.5. The predicted molar refractivity (Wildman–Crippen MR) is 139 cm³/mol. The lowest BCUT2D eigenvalue weighted by Crippen LogP contribution is -2.28. The Labute approximate surface area is 225 Å². The first-order valence-corrected chi connectivity index (χ1v) is 14.1. The molecule has 0 amide bonds. The van der Waals surface area contributed by atoms with E-state index in [1.54, 1.807) is 18.5 Å². The van der Waals surface area contributed by atoms with Crippen LogP contribution in [0.4, 0.5) is 20.4 Å². The summed E-state index contributed by atoms with van der Waals surface area (Å²) in [6.07, 6.45) is 4.04. The molecule has 4 rings (SSSR count). The van der Waals surface area contributed by atoms with Gasteiger partial charge < -0.3 is 10.1 Å². The van der Waals surface area contributed by atoms with Gasteiger partial charge >= 0.3 is 5.97 Å². The average Bonchev–Trinajstić information content (AvgIpc) is 2.91. The van der Waals surface area contributed by atoms with Gasteiger partial charge in [-0.2, -0.15) is 8.42 Å². The minimum atomic E-state index is -3.81. The summed E-state index contributed by atoms with van der Waals surface area (Å²) in [4.78, 5) is 28.6. The van der Waals surface area contributed by atoms with Crippen molar-refractivity contribution in [2.45, 2.75) is 45.1 Å². The molecule has 208 valence electrons. The van der Waals surface area contributed by atoms with Crippen LogP contribution in [0.3, 0.4) is 0 Å². The molecule has 0 radical (unpaired) electrons. The Morgan fingerprint density at radius 2 is 1.74 bits per heavy atom. The van der Waals surface area contributed by atoms with E-state index in [-0.39, 0.29) is 35.3 Å². The molecule has 1 aliphatic rings. The lowest BCUT2D eigenvalue weighted by molar-refractivity contribution is -0.147. The summed E-state index contributed by atoms with van der Waals surface area (Å²) in [6, 6.07) is 6.65. The third-order valence-corrected chi connectivity index (χ3v) is 7.06. The monoisotopic (exact) mass is 561 g/mol. The van der Waals surface area contributed by atoms with Gasteiger partial charge in [0, 0.05) is 29.8 Å². The molecule has 2 aromatic heterocycles. The van der Waals surface area contributed by atoms with Crippen molar-refractivity contribution in [1.29, 1.82) is 0 Å². The van der Waals surface area contributed by atoms with E-state index in [1.807, 2.05) is 19.1 Å². The van der Waals surface area contributed by atoms with Crippen LogP contribution in [0.2, 0.25) is 0 Å². The van der Waals surface area contributed by atoms with Gasteiger partial charge in [0.1, 0.15) is 11.8 Å². The number of aromatic nitrogens is 4. The number of carbonyl (C=O) groups is 1. The van der Waals surface area contributed by atoms with Crippen LogP contribution in [0.25, 0.3) is 11.1 Å². The van der Waals surface area contributed by atoms with E-state index < -0.39 is 22.6 Å². The van der Waals surface area contributed by atoms with Crippen LogP contribution in [0.1, 0.15) is 55.3 Å². The van der Waals surface area contributed by atoms with Crippen LogP contribution in [0.15, 0.2) is 42.9 Å². The largest absolute Gasteiger partial charge is 0.469 e. The van der Waals surface area contributed by atoms with Crippen molar-refractivity contribution in [2.75, 3.05) is 18.7 Å². The molecule has 13 heteroatoms. The van der Waals surface area contributed by atoms with Gasteiger partial charge in [-0.05, 0) is 67.9 Å². The number of ether oxygens (including phenoxy) is 1. The molecule has 39 heavy (non-hydrogen) atoms. The van der Waals surface area contributed by atoms with Crippen LogP contribution in [0.5, 0.6) is 0 Å². The van der Waals surface area contributed by atoms with E-state index >= 15 is 0 Å². The third kappa shape index (κ3) is 7.51. The lowest BCUT2D eigenvalue weighted by atomic mass is 9.79. The Balaban J connectivity index is 1.55. The second kappa shape index (κ2) is 12.1. The quantitative estimate of drug-likeness (QED) is 0.283. The summed E-state index contributed by atoms with van der Waals surface area (Å²) in [5.74, 6) is -0.409. The Kier molecular flexibility index (Phi) is 8.80. The lowest BCUT2D eigenvalue weighted by Gasteiger charge is -2.31. The number of hydrogen-bond donors (Lipinski definition) is 1. The number of carbonyl (C=O) groups excluding carboxylic acids is 1. The first-order valence-electron chi connectivity index (χ1n) is 12.3. The molecule has 0 saturated heterocycles. The molecule has 3 aromatic rings. The highest BCUT2D eigenvalue weighted by Gasteiger charge is 2.35. The zero-order chi connectivity index (χ0) is 28.2. The molecule has 1 aliphatic carbocycles. The Morgan fingerprint density at radius 3 is 2.36 bits per heavy atom. The first-order chi connectivity index (χ1) is 18.5. The number of hydrogen-bond acceptors (Lipinski definition) is 10. The molecule has 0 spiro atoms. The highest BCUT2D eigenvalue weighted by Crippen LogP contribution is 2.39. The number of aryl methyl sites for hydroxylation is 1. The highest BCUT2D eigenvalue weighted by atomic mass is 32.2. The molecule has 2 heterocycles. The van der Waals surface area contributed by atoms with Crippen LogP contribution in [-0.4, -0.2) is 47.7 Å². The number of halogens is 2. The summed E-state index contributed by atoms with van der Waals surface area (Å²) in [5.41, 5.74) is 2.48. The Hall–Kier alpha value is -3.58. The zero-order valence-corrected chi connectivity index (χ0v) is 22.5. The molecule has 1 atom stereocenters. The number of esters is 1. The molecular weight excluding hydrogens is 532 g/mol. The van der Waals surface area contributed by atoms with E-state index in [0.717, 1.165) is 23.4 Å². The summed E-state index contributed by atoms with van der Waals surface area (Å²) in [7, 11) is -2.45. The summed E-state index contributed by atoms with van der Waals surface area (Å²) >= 11 is 0. The van der Waals surface area contributed by atoms with Gasteiger partial charge in [0.15, 0.2) is 5.82 Å². The fraction of sp³-hybridized carbons (Fsp3) is 0.423. The number of nitrogens with one attached hydrogen (secondary N) is 1. The number of benzene rings is 1. The van der Waals surface area contributed by atoms with E-state index in [2.05, 4.69) is 25.3 Å². The molecule has 1 N–H and O–H groups in total. The molecule has 0 bridgehead atoms. The van der Waals surface area contributed by atoms with Crippen LogP contribution in [0, 0.1) is 18.8 Å². The van der Waals surface area contributed by atoms with Gasteiger partial charge in [0.05, 0.1) is 19.3 Å². The van der Waals surface area contributed by atoms with Crippen molar-refractivity contribution in [2.24, 2.45) is 11.8 Å². The molecular formula is C26H29F2N5O5S. The van der Waals surface area contributed by atoms with E-state index in [4.69, 9.17) is 8.92 Å². The van der Waals surface area contributed by atoms with E-state index in [1.165, 1.54) is 13.3 Å². The van der Waals surface area contributed by atoms with Crippen molar-refractivity contribution >= 4 is 27.7 Å². The zero-order valence-electron chi connectivity index (χ0n) is 21.7. The summed E-state index contributed by atoms with van der Waals surface area (Å²) in [5, 5.41) is 2.95. The molecule has 1 aromatic carbocycles. The maximum absolute atomic E-state index is 13.0. The standard InChI is InChI=1S/C26H29F2N5O5S/c1-15-10-18(12-20(11-15)32-26-29-9-8-21(33-26)23(27)28)19-13-30-24(31-14-19)22(38-39(3,35)36)16-4-6-17(7-5-16)25(34)37-2/h8-14,16-17,22-23H,4-7H2,1-3H3,(H,29,32,33)/t16-,17-,22?. The van der Waals surface area contributed by atoms with Crippen molar-refractivity contribution in [3.8, 4) is 11.1 Å². The second-order valence-corrected chi connectivity index (χ2v) is 11.1. The van der Waals surface area contributed by atoms with Crippen molar-refractivity contribution in [3.63, 3.8) is 0 Å². The maximum Gasteiger partial charge on any atom is 0.308 e. The first kappa shape index (κ1) is 28.4. The van der Waals surface area contributed by atoms with Gasteiger partial charge in [0.25, 0.3) is 16.5 Å². The highest BCUT2D eigenvalue weighted by molar-refractivity contribution is 7.86. The molecule has 1 saturated carbocycles. The second-order valence-electron chi connectivity index (χ2n) is 9.50. The van der Waals surface area contributed by atoms with Crippen LogP contribution >= 0.6 is 0 Å². The maximum atomic E-state index is 13.0. The topological polar surface area (TPSA) is 133 Å². The van der Waals surface area contributed by atoms with E-state index in [9.17, 15) is 22.0 Å². The van der Waals surface area contributed by atoms with Crippen molar-refractivity contribution < 1.29 is 30.9 Å².